The molecule has 2 saturated heterocycles. The van der Waals surface area contributed by atoms with E-state index in [1.165, 1.54) is 38.2 Å². The Labute approximate surface area is 433 Å². The van der Waals surface area contributed by atoms with Crippen LogP contribution in [0.2, 0.25) is 0 Å². The normalized spacial score (nSPS) is 17.4. The Kier molecular flexibility index (Phi) is 15.7. The summed E-state index contributed by atoms with van der Waals surface area (Å²) in [6.07, 6.45) is 3.80. The number of anilines is 1. The molecule has 4 N–H and O–H groups in total. The van der Waals surface area contributed by atoms with Crippen molar-refractivity contribution in [1.29, 1.82) is 0 Å². The fourth-order valence-electron chi connectivity index (χ4n) is 9.30. The van der Waals surface area contributed by atoms with Gasteiger partial charge in [0.1, 0.15) is 23.1 Å². The Balaban J connectivity index is 0.929. The number of rotatable bonds is 15. The molecular weight excluding hydrogens is 1020 g/mol. The van der Waals surface area contributed by atoms with Gasteiger partial charge in [-0.25, -0.2) is 4.98 Å². The molecule has 74 heavy (non-hydrogen) atoms. The number of aromatic nitrogens is 1. The van der Waals surface area contributed by atoms with Crippen LogP contribution >= 0.6 is 30.3 Å². The fraction of sp³-hybridized carbons (Fsp3) is 0.385. The van der Waals surface area contributed by atoms with Crippen LogP contribution in [-0.2, 0) is 40.7 Å². The standard InChI is InChI=1S/C52H54F2N7O10PS2/c1-51(2,3)44(57-46(65)41-29-33-28-34(16-20-40(33)74-41)52(53,54)72(69,70)71)50(68)60-25-9-13-39(60)49(67)59(35-17-14-32(15-18-35)47-55-23-27-73-47)26-22-43(63)58(4)24-7-5-6-10-31-11-8-12-36-37(31)30-61(48(36)66)38-19-21-42(62)56-45(38)64/h8,11-12,14-18,20,23,27-29,38-39,44H,5,7,9,13,19,21-22,24-26,30H2,1-4H3,(H,57,65)(H,56,62,64)(H2,69,70,71)/t38?,39-,44-/m1/s1. The first-order valence-corrected chi connectivity index (χ1v) is 27.2. The van der Waals surface area contributed by atoms with Crippen LogP contribution in [0.4, 0.5) is 14.5 Å². The first-order valence-electron chi connectivity index (χ1n) is 23.9. The fourth-order valence-corrected chi connectivity index (χ4v) is 11.4. The SMILES string of the molecule is CN(CCCC#Cc1cccc2c1CN(C1CCC(=O)NC1=O)C2=O)C(=O)CCN(C(=O)[C@H]1CCCN1C(=O)[C@@H](NC(=O)c1cc2cc(C(F)(F)P(=O)(O)O)ccc2s1)C(C)(C)C)c1ccc(-c2nccs2)cc1. The van der Waals surface area contributed by atoms with Crippen molar-refractivity contribution >= 4 is 87.4 Å². The average molecular weight is 1070 g/mol. The van der Waals surface area contributed by atoms with Gasteiger partial charge < -0.3 is 34.7 Å². The number of thiophene rings is 1. The largest absolute Gasteiger partial charge is 0.399 e. The Hall–Kier alpha value is -6.69. The molecule has 7 amide bonds. The van der Waals surface area contributed by atoms with Crippen LogP contribution in [0.5, 0.6) is 0 Å². The van der Waals surface area contributed by atoms with E-state index in [9.17, 15) is 56.7 Å². The van der Waals surface area contributed by atoms with Gasteiger partial charge >= 0.3 is 13.3 Å². The highest BCUT2D eigenvalue weighted by molar-refractivity contribution is 7.52. The topological polar surface area (TPSA) is 227 Å². The number of halogens is 2. The Morgan fingerprint density at radius 1 is 1.01 bits per heavy atom. The minimum absolute atomic E-state index is 0.0161. The molecule has 0 radical (unpaired) electrons. The number of hydrogen-bond donors (Lipinski definition) is 4. The van der Waals surface area contributed by atoms with Gasteiger partial charge in [-0.1, -0.05) is 44.7 Å². The molecule has 2 aromatic heterocycles. The van der Waals surface area contributed by atoms with Gasteiger partial charge in [0, 0.05) is 96.7 Å². The van der Waals surface area contributed by atoms with Gasteiger partial charge in [-0.3, -0.25) is 43.4 Å². The summed E-state index contributed by atoms with van der Waals surface area (Å²) < 4.78 is 41.0. The molecule has 5 heterocycles. The molecule has 3 aliphatic heterocycles. The van der Waals surface area contributed by atoms with Gasteiger partial charge in [0.15, 0.2) is 0 Å². The molecular formula is C52H54F2N7O10PS2. The van der Waals surface area contributed by atoms with Crippen molar-refractivity contribution in [2.75, 3.05) is 31.6 Å². The summed E-state index contributed by atoms with van der Waals surface area (Å²) in [5.41, 5.74) is -3.07. The second-order valence-corrected chi connectivity index (χ2v) is 23.1. The van der Waals surface area contributed by atoms with Crippen molar-refractivity contribution in [1.82, 2.24) is 30.3 Å². The van der Waals surface area contributed by atoms with Crippen LogP contribution in [0.15, 0.2) is 78.3 Å². The van der Waals surface area contributed by atoms with Gasteiger partial charge in [-0.05, 0) is 96.6 Å². The third-order valence-corrected chi connectivity index (χ3v) is 16.3. The van der Waals surface area contributed by atoms with Crippen LogP contribution < -0.4 is 15.5 Å². The van der Waals surface area contributed by atoms with E-state index in [0.717, 1.165) is 39.6 Å². The van der Waals surface area contributed by atoms with E-state index >= 15 is 0 Å². The molecule has 17 nitrogen and oxygen atoms in total. The highest BCUT2D eigenvalue weighted by Gasteiger charge is 2.50. The van der Waals surface area contributed by atoms with Crippen molar-refractivity contribution in [3.8, 4) is 22.4 Å². The monoisotopic (exact) mass is 1070 g/mol. The summed E-state index contributed by atoms with van der Waals surface area (Å²) in [6.45, 7) is 6.03. The number of nitrogens with one attached hydrogen (secondary N) is 2. The van der Waals surface area contributed by atoms with Gasteiger partial charge in [0.25, 0.3) is 11.8 Å². The van der Waals surface area contributed by atoms with Crippen LogP contribution in [-0.4, -0.2) is 116 Å². The molecule has 0 aliphatic carbocycles. The minimum atomic E-state index is -5.84. The van der Waals surface area contributed by atoms with Gasteiger partial charge in [0.05, 0.1) is 4.88 Å². The van der Waals surface area contributed by atoms with E-state index in [0.29, 0.717) is 53.7 Å². The van der Waals surface area contributed by atoms with Crippen molar-refractivity contribution in [2.24, 2.45) is 5.41 Å². The number of piperidine rings is 1. The number of carbonyl (C=O) groups is 7. The first-order chi connectivity index (χ1) is 35.0. The molecule has 5 aromatic rings. The number of imide groups is 1. The van der Waals surface area contributed by atoms with Gasteiger partial charge in [-0.2, -0.15) is 8.78 Å². The van der Waals surface area contributed by atoms with Crippen molar-refractivity contribution in [3.05, 3.63) is 105 Å². The summed E-state index contributed by atoms with van der Waals surface area (Å²) in [7, 11) is -4.17. The lowest BCUT2D eigenvalue weighted by Crippen LogP contribution is -2.58. The maximum absolute atomic E-state index is 14.8. The van der Waals surface area contributed by atoms with Crippen LogP contribution in [0.3, 0.4) is 0 Å². The predicted octanol–water partition coefficient (Wildman–Crippen LogP) is 6.86. The summed E-state index contributed by atoms with van der Waals surface area (Å²) in [5, 5.41) is 7.91. The average Bonchev–Trinajstić information content (AvgIpc) is 4.20. The summed E-state index contributed by atoms with van der Waals surface area (Å²) in [6, 6.07) is 14.0. The molecule has 8 rings (SSSR count). The maximum Gasteiger partial charge on any atom is 0.399 e. The van der Waals surface area contributed by atoms with Crippen LogP contribution in [0.25, 0.3) is 20.7 Å². The van der Waals surface area contributed by atoms with E-state index in [1.807, 2.05) is 23.6 Å². The van der Waals surface area contributed by atoms with E-state index in [4.69, 9.17) is 0 Å². The van der Waals surface area contributed by atoms with E-state index in [1.54, 1.807) is 63.2 Å². The maximum atomic E-state index is 14.8. The first kappa shape index (κ1) is 53.6. The smallest absolute Gasteiger partial charge is 0.346 e. The van der Waals surface area contributed by atoms with Gasteiger partial charge in [0.2, 0.25) is 29.5 Å². The molecule has 3 atom stereocenters. The minimum Gasteiger partial charge on any atom is -0.346 e. The number of alkyl halides is 2. The molecule has 0 bridgehead atoms. The second kappa shape index (κ2) is 21.6. The molecule has 0 saturated carbocycles. The molecule has 3 aromatic carbocycles. The molecule has 0 spiro atoms. The lowest BCUT2D eigenvalue weighted by atomic mass is 9.85. The Bertz CT molecular complexity index is 3140. The number of carbonyl (C=O) groups excluding carboxylic acids is 7. The van der Waals surface area contributed by atoms with E-state index in [2.05, 4.69) is 27.5 Å². The van der Waals surface area contributed by atoms with Crippen molar-refractivity contribution in [3.63, 3.8) is 0 Å². The van der Waals surface area contributed by atoms with Crippen LogP contribution in [0.1, 0.15) is 102 Å². The van der Waals surface area contributed by atoms with Gasteiger partial charge in [-0.15, -0.1) is 22.7 Å². The number of hydrogen-bond acceptors (Lipinski definition) is 11. The zero-order valence-electron chi connectivity index (χ0n) is 40.9. The van der Waals surface area contributed by atoms with E-state index < -0.39 is 66.0 Å². The molecule has 388 valence electrons. The Morgan fingerprint density at radius 2 is 1.77 bits per heavy atom. The van der Waals surface area contributed by atoms with E-state index in [-0.39, 0.29) is 66.9 Å². The third kappa shape index (κ3) is 11.3. The predicted molar refractivity (Wildman–Crippen MR) is 274 cm³/mol. The molecule has 1 unspecified atom stereocenters. The highest BCUT2D eigenvalue weighted by atomic mass is 32.1. The molecule has 22 heteroatoms. The number of likely N-dealkylation sites (tertiary alicyclic amines) is 1. The number of benzene rings is 3. The van der Waals surface area contributed by atoms with Crippen molar-refractivity contribution < 1.29 is 56.7 Å². The number of amides is 7. The summed E-state index contributed by atoms with van der Waals surface area (Å²) in [4.78, 5) is 124. The Morgan fingerprint density at radius 3 is 2.46 bits per heavy atom. The second-order valence-electron chi connectivity index (χ2n) is 19.5. The lowest BCUT2D eigenvalue weighted by molar-refractivity contribution is -0.141. The summed E-state index contributed by atoms with van der Waals surface area (Å²) >= 11 is 2.41. The van der Waals surface area contributed by atoms with Crippen molar-refractivity contribution in [2.45, 2.75) is 96.1 Å². The summed E-state index contributed by atoms with van der Waals surface area (Å²) in [5.74, 6) is 3.33. The quantitative estimate of drug-likeness (QED) is 0.0367. The lowest BCUT2D eigenvalue weighted by Gasteiger charge is -2.36. The third-order valence-electron chi connectivity index (χ3n) is 13.4. The molecule has 2 fully saturated rings. The number of unbranched alkanes of at least 4 members (excludes halogenated alkanes) is 1. The van der Waals surface area contributed by atoms with Crippen LogP contribution in [0, 0.1) is 17.3 Å². The zero-order chi connectivity index (χ0) is 53.3. The highest BCUT2D eigenvalue weighted by Crippen LogP contribution is 2.59. The zero-order valence-corrected chi connectivity index (χ0v) is 43.5. The number of fused-ring (bicyclic) bond motifs is 2. The number of thiazole rings is 1. The number of nitrogens with zero attached hydrogens (tertiary/aromatic N) is 5. The molecule has 3 aliphatic rings.